The summed E-state index contributed by atoms with van der Waals surface area (Å²) in [6.07, 6.45) is 1.42. The van der Waals surface area contributed by atoms with Crippen LogP contribution in [0.15, 0.2) is 33.2 Å². The van der Waals surface area contributed by atoms with Gasteiger partial charge in [0.25, 0.3) is 11.6 Å². The van der Waals surface area contributed by atoms with E-state index in [9.17, 15) is 20.0 Å². The highest BCUT2D eigenvalue weighted by Gasteiger charge is 2.27. The second kappa shape index (κ2) is 6.78. The molecule has 0 aliphatic carbocycles. The zero-order chi connectivity index (χ0) is 18.3. The predicted molar refractivity (Wildman–Crippen MR) is 103 cm³/mol. The molecule has 2 aromatic carbocycles. The van der Waals surface area contributed by atoms with Crippen LogP contribution in [0.2, 0.25) is 0 Å². The van der Waals surface area contributed by atoms with Gasteiger partial charge >= 0.3 is 0 Å². The van der Waals surface area contributed by atoms with E-state index in [1.54, 1.807) is 12.1 Å². The maximum Gasteiger partial charge on any atom is 0.270 e. The molecule has 1 amide bonds. The Morgan fingerprint density at radius 1 is 1.28 bits per heavy atom. The lowest BCUT2D eigenvalue weighted by atomic mass is 10.0. The van der Waals surface area contributed by atoms with Gasteiger partial charge in [0.15, 0.2) is 0 Å². The third-order valence-electron chi connectivity index (χ3n) is 3.69. The number of benzene rings is 2. The molecule has 1 aliphatic heterocycles. The number of nitro benzene ring substituents is 1. The molecule has 128 valence electrons. The first-order valence-corrected chi connectivity index (χ1v) is 9.02. The van der Waals surface area contributed by atoms with Crippen LogP contribution in [0.5, 0.6) is 5.75 Å². The number of anilines is 1. The SMILES string of the molecule is O=C1Nc2c(Br)cc(Br)cc2C1=Cc1cc([N+](=O)[O-])cc(CCl)c1O. The highest BCUT2D eigenvalue weighted by Crippen LogP contribution is 2.41. The fourth-order valence-corrected chi connectivity index (χ4v) is 4.06. The van der Waals surface area contributed by atoms with Crippen molar-refractivity contribution in [1.82, 2.24) is 0 Å². The van der Waals surface area contributed by atoms with E-state index in [1.807, 2.05) is 0 Å². The van der Waals surface area contributed by atoms with E-state index in [2.05, 4.69) is 37.2 Å². The van der Waals surface area contributed by atoms with Gasteiger partial charge in [-0.3, -0.25) is 14.9 Å². The first kappa shape index (κ1) is 17.9. The lowest BCUT2D eigenvalue weighted by Gasteiger charge is -2.06. The number of phenolic OH excluding ortho intramolecular Hbond substituents is 1. The fraction of sp³-hybridized carbons (Fsp3) is 0.0625. The maximum atomic E-state index is 12.3. The molecule has 0 unspecified atom stereocenters. The van der Waals surface area contributed by atoms with Crippen molar-refractivity contribution in [2.75, 3.05) is 5.32 Å². The lowest BCUT2D eigenvalue weighted by Crippen LogP contribution is -2.04. The van der Waals surface area contributed by atoms with E-state index in [1.165, 1.54) is 18.2 Å². The van der Waals surface area contributed by atoms with Gasteiger partial charge < -0.3 is 10.4 Å². The fourth-order valence-electron chi connectivity index (χ4n) is 2.53. The van der Waals surface area contributed by atoms with Crippen LogP contribution in [0.4, 0.5) is 11.4 Å². The highest BCUT2D eigenvalue weighted by molar-refractivity contribution is 9.11. The molecule has 25 heavy (non-hydrogen) atoms. The standard InChI is InChI=1S/C16H9Br2ClN2O4/c17-9-4-11-12(16(23)20-14(11)13(18)5-9)3-7-1-10(21(24)25)2-8(6-19)15(7)22/h1-5,22H,6H2,(H,20,23). The quantitative estimate of drug-likeness (QED) is 0.274. The van der Waals surface area contributed by atoms with E-state index in [-0.39, 0.29) is 39.9 Å². The van der Waals surface area contributed by atoms with Crippen LogP contribution < -0.4 is 5.32 Å². The van der Waals surface area contributed by atoms with E-state index < -0.39 is 4.92 Å². The first-order valence-electron chi connectivity index (χ1n) is 6.90. The van der Waals surface area contributed by atoms with Crippen LogP contribution in [0, 0.1) is 10.1 Å². The number of nitrogens with one attached hydrogen (secondary N) is 1. The van der Waals surface area contributed by atoms with E-state index in [0.29, 0.717) is 15.7 Å². The number of non-ortho nitro benzene ring substituents is 1. The first-order chi connectivity index (χ1) is 11.8. The van der Waals surface area contributed by atoms with Gasteiger partial charge in [-0.2, -0.15) is 0 Å². The number of amides is 1. The Morgan fingerprint density at radius 3 is 2.64 bits per heavy atom. The Labute approximate surface area is 163 Å². The summed E-state index contributed by atoms with van der Waals surface area (Å²) in [5, 5.41) is 24.1. The van der Waals surface area contributed by atoms with Gasteiger partial charge in [0.2, 0.25) is 0 Å². The third-order valence-corrected chi connectivity index (χ3v) is 5.06. The van der Waals surface area contributed by atoms with Crippen LogP contribution in [0.25, 0.3) is 11.6 Å². The van der Waals surface area contributed by atoms with E-state index in [4.69, 9.17) is 11.6 Å². The molecule has 2 aromatic rings. The summed E-state index contributed by atoms with van der Waals surface area (Å²) in [6, 6.07) is 5.95. The summed E-state index contributed by atoms with van der Waals surface area (Å²) in [7, 11) is 0. The average Bonchev–Trinajstić information content (AvgIpc) is 2.85. The second-order valence-corrected chi connectivity index (χ2v) is 7.29. The minimum absolute atomic E-state index is 0.0937. The van der Waals surface area contributed by atoms with Gasteiger partial charge in [0.1, 0.15) is 5.75 Å². The predicted octanol–water partition coefficient (Wildman–Crippen LogP) is 5.06. The summed E-state index contributed by atoms with van der Waals surface area (Å²) in [4.78, 5) is 22.8. The molecule has 0 bridgehead atoms. The Balaban J connectivity index is 2.22. The molecule has 0 radical (unpaired) electrons. The van der Waals surface area contributed by atoms with Crippen molar-refractivity contribution in [3.8, 4) is 5.75 Å². The molecule has 0 saturated heterocycles. The van der Waals surface area contributed by atoms with Crippen LogP contribution in [-0.4, -0.2) is 15.9 Å². The number of fused-ring (bicyclic) bond motifs is 1. The molecule has 0 aromatic heterocycles. The summed E-state index contributed by atoms with van der Waals surface area (Å²) >= 11 is 12.5. The monoisotopic (exact) mass is 486 g/mol. The largest absolute Gasteiger partial charge is 0.507 e. The minimum Gasteiger partial charge on any atom is -0.507 e. The number of nitro groups is 1. The summed E-state index contributed by atoms with van der Waals surface area (Å²) < 4.78 is 1.45. The maximum absolute atomic E-state index is 12.3. The number of carbonyl (C=O) groups excluding carboxylic acids is 1. The Bertz CT molecular complexity index is 960. The zero-order valence-corrected chi connectivity index (χ0v) is 16.3. The van der Waals surface area contributed by atoms with Crippen molar-refractivity contribution in [3.05, 3.63) is 60.0 Å². The average molecular weight is 489 g/mol. The zero-order valence-electron chi connectivity index (χ0n) is 12.3. The molecular formula is C16H9Br2ClN2O4. The van der Waals surface area contributed by atoms with Gasteiger partial charge in [0.05, 0.1) is 16.5 Å². The number of nitrogens with zero attached hydrogens (tertiary/aromatic N) is 1. The third kappa shape index (κ3) is 3.29. The number of rotatable bonds is 3. The Kier molecular flexibility index (Phi) is 4.86. The van der Waals surface area contributed by atoms with Crippen molar-refractivity contribution in [3.63, 3.8) is 0 Å². The van der Waals surface area contributed by atoms with E-state index in [0.717, 1.165) is 4.47 Å². The van der Waals surface area contributed by atoms with Crippen molar-refractivity contribution in [1.29, 1.82) is 0 Å². The van der Waals surface area contributed by atoms with Gasteiger partial charge in [-0.05, 0) is 34.1 Å². The molecule has 0 fully saturated rings. The van der Waals surface area contributed by atoms with Crippen LogP contribution in [-0.2, 0) is 10.7 Å². The topological polar surface area (TPSA) is 92.5 Å². The van der Waals surface area contributed by atoms with Crippen molar-refractivity contribution >= 4 is 72.4 Å². The van der Waals surface area contributed by atoms with E-state index >= 15 is 0 Å². The van der Waals surface area contributed by atoms with Crippen molar-refractivity contribution in [2.24, 2.45) is 0 Å². The lowest BCUT2D eigenvalue weighted by molar-refractivity contribution is -0.384. The molecule has 1 heterocycles. The van der Waals surface area contributed by atoms with Crippen LogP contribution in [0.1, 0.15) is 16.7 Å². The van der Waals surface area contributed by atoms with Crippen LogP contribution >= 0.6 is 43.5 Å². The van der Waals surface area contributed by atoms with Gasteiger partial charge in [-0.1, -0.05) is 15.9 Å². The molecule has 1 aliphatic rings. The van der Waals surface area contributed by atoms with Crippen molar-refractivity contribution in [2.45, 2.75) is 5.88 Å². The normalized spacial score (nSPS) is 14.5. The van der Waals surface area contributed by atoms with Gasteiger partial charge in [-0.25, -0.2) is 0 Å². The number of carbonyl (C=O) groups is 1. The minimum atomic E-state index is -0.576. The molecular weight excluding hydrogens is 479 g/mol. The summed E-state index contributed by atoms with van der Waals surface area (Å²) in [5.74, 6) is -0.653. The van der Waals surface area contributed by atoms with Gasteiger partial charge in [-0.15, -0.1) is 11.6 Å². The highest BCUT2D eigenvalue weighted by atomic mass is 79.9. The van der Waals surface area contributed by atoms with Crippen LogP contribution in [0.3, 0.4) is 0 Å². The Morgan fingerprint density at radius 2 is 2.00 bits per heavy atom. The molecule has 9 heteroatoms. The number of hydrogen-bond donors (Lipinski definition) is 2. The molecule has 0 saturated carbocycles. The van der Waals surface area contributed by atoms with Crippen molar-refractivity contribution < 1.29 is 14.8 Å². The molecule has 3 rings (SSSR count). The molecule has 6 nitrogen and oxygen atoms in total. The number of hydrogen-bond acceptors (Lipinski definition) is 4. The summed E-state index contributed by atoms with van der Waals surface area (Å²) in [5.41, 5.74) is 1.66. The number of halogens is 3. The molecule has 2 N–H and O–H groups in total. The Hall–Kier alpha value is -1.90. The second-order valence-electron chi connectivity index (χ2n) is 5.26. The molecule has 0 spiro atoms. The van der Waals surface area contributed by atoms with Gasteiger partial charge in [0, 0.05) is 43.3 Å². The number of alkyl halides is 1. The summed E-state index contributed by atoms with van der Waals surface area (Å²) in [6.45, 7) is 0. The smallest absolute Gasteiger partial charge is 0.270 e. The number of aromatic hydroxyl groups is 1. The number of phenols is 1. The molecule has 0 atom stereocenters.